The molecule has 0 aliphatic carbocycles. The fraction of sp³-hybridized carbons (Fsp3) is 0.455. The standard InChI is InChI=1S/C11H14N4O2/c1-8-6-12-7-9(14-8)13-4-5-15-10(16)2-3-11(15)17/h6-7H,2-5H2,1H3,(H,13,14). The Morgan fingerprint density at radius 2 is 2.00 bits per heavy atom. The van der Waals surface area contributed by atoms with Crippen LogP contribution < -0.4 is 5.32 Å². The minimum absolute atomic E-state index is 0.0906. The maximum absolute atomic E-state index is 11.3. The van der Waals surface area contributed by atoms with E-state index >= 15 is 0 Å². The van der Waals surface area contributed by atoms with E-state index in [2.05, 4.69) is 15.3 Å². The van der Waals surface area contributed by atoms with Gasteiger partial charge in [-0.3, -0.25) is 19.5 Å². The predicted molar refractivity (Wildman–Crippen MR) is 61.2 cm³/mol. The number of aromatic nitrogens is 2. The molecule has 0 bridgehead atoms. The maximum atomic E-state index is 11.3. The number of hydrogen-bond acceptors (Lipinski definition) is 5. The number of nitrogens with zero attached hydrogens (tertiary/aromatic N) is 3. The van der Waals surface area contributed by atoms with Gasteiger partial charge in [-0.1, -0.05) is 0 Å². The summed E-state index contributed by atoms with van der Waals surface area (Å²) in [6.07, 6.45) is 3.95. The first-order chi connectivity index (χ1) is 8.16. The number of nitrogens with one attached hydrogen (secondary N) is 1. The van der Waals surface area contributed by atoms with Crippen molar-refractivity contribution in [2.45, 2.75) is 19.8 Å². The normalized spacial score (nSPS) is 15.5. The SMILES string of the molecule is Cc1cncc(NCCN2C(=O)CCC2=O)n1. The molecule has 17 heavy (non-hydrogen) atoms. The van der Waals surface area contributed by atoms with Crippen LogP contribution in [0, 0.1) is 6.92 Å². The quantitative estimate of drug-likeness (QED) is 0.761. The summed E-state index contributed by atoms with van der Waals surface area (Å²) in [5, 5.41) is 3.03. The third-order valence-corrected chi connectivity index (χ3v) is 2.55. The third kappa shape index (κ3) is 2.77. The van der Waals surface area contributed by atoms with Crippen LogP contribution in [0.5, 0.6) is 0 Å². The number of likely N-dealkylation sites (tertiary alicyclic amines) is 1. The Morgan fingerprint density at radius 3 is 2.65 bits per heavy atom. The Bertz CT molecular complexity index is 431. The van der Waals surface area contributed by atoms with Gasteiger partial charge in [0.25, 0.3) is 0 Å². The number of amides is 2. The number of carbonyl (C=O) groups excluding carboxylic acids is 2. The Hall–Kier alpha value is -1.98. The van der Waals surface area contributed by atoms with Crippen molar-refractivity contribution in [1.29, 1.82) is 0 Å². The van der Waals surface area contributed by atoms with Gasteiger partial charge in [-0.2, -0.15) is 0 Å². The molecule has 6 nitrogen and oxygen atoms in total. The van der Waals surface area contributed by atoms with Crippen LogP contribution in [0.2, 0.25) is 0 Å². The highest BCUT2D eigenvalue weighted by Crippen LogP contribution is 2.10. The lowest BCUT2D eigenvalue weighted by atomic mass is 10.4. The lowest BCUT2D eigenvalue weighted by Gasteiger charge is -2.14. The van der Waals surface area contributed by atoms with Crippen molar-refractivity contribution in [3.63, 3.8) is 0 Å². The van der Waals surface area contributed by atoms with Gasteiger partial charge >= 0.3 is 0 Å². The van der Waals surface area contributed by atoms with Crippen molar-refractivity contribution in [1.82, 2.24) is 14.9 Å². The molecule has 1 N–H and O–H groups in total. The van der Waals surface area contributed by atoms with Gasteiger partial charge in [0.2, 0.25) is 11.8 Å². The number of carbonyl (C=O) groups is 2. The molecule has 0 spiro atoms. The molecule has 1 saturated heterocycles. The monoisotopic (exact) mass is 234 g/mol. The van der Waals surface area contributed by atoms with Crippen LogP contribution in [-0.4, -0.2) is 39.8 Å². The molecule has 1 aromatic rings. The maximum Gasteiger partial charge on any atom is 0.229 e. The van der Waals surface area contributed by atoms with Crippen LogP contribution in [0.4, 0.5) is 5.82 Å². The van der Waals surface area contributed by atoms with E-state index in [1.54, 1.807) is 12.4 Å². The van der Waals surface area contributed by atoms with Crippen LogP contribution in [0.25, 0.3) is 0 Å². The van der Waals surface area contributed by atoms with E-state index in [4.69, 9.17) is 0 Å². The van der Waals surface area contributed by atoms with E-state index in [0.29, 0.717) is 31.7 Å². The Labute approximate surface area is 99.1 Å². The van der Waals surface area contributed by atoms with Gasteiger partial charge in [-0.05, 0) is 6.92 Å². The summed E-state index contributed by atoms with van der Waals surface area (Å²) in [4.78, 5) is 32.2. The fourth-order valence-corrected chi connectivity index (χ4v) is 1.72. The van der Waals surface area contributed by atoms with Gasteiger partial charge in [-0.15, -0.1) is 0 Å². The Balaban J connectivity index is 1.83. The summed E-state index contributed by atoms with van der Waals surface area (Å²) < 4.78 is 0. The molecule has 2 rings (SSSR count). The average Bonchev–Trinajstić information content (AvgIpc) is 2.61. The largest absolute Gasteiger partial charge is 0.367 e. The van der Waals surface area contributed by atoms with Gasteiger partial charge < -0.3 is 5.32 Å². The molecule has 1 aliphatic rings. The van der Waals surface area contributed by atoms with E-state index < -0.39 is 0 Å². The second-order valence-corrected chi connectivity index (χ2v) is 3.91. The lowest BCUT2D eigenvalue weighted by Crippen LogP contribution is -2.33. The number of hydrogen-bond donors (Lipinski definition) is 1. The summed E-state index contributed by atoms with van der Waals surface area (Å²) in [5.74, 6) is 0.475. The van der Waals surface area contributed by atoms with Gasteiger partial charge in [0.05, 0.1) is 11.9 Å². The molecule has 0 atom stereocenters. The highest BCUT2D eigenvalue weighted by molar-refractivity contribution is 6.01. The van der Waals surface area contributed by atoms with Gasteiger partial charge in [0.15, 0.2) is 0 Å². The molecule has 1 aliphatic heterocycles. The van der Waals surface area contributed by atoms with E-state index in [-0.39, 0.29) is 11.8 Å². The van der Waals surface area contributed by atoms with Gasteiger partial charge in [-0.25, -0.2) is 4.98 Å². The fourth-order valence-electron chi connectivity index (χ4n) is 1.72. The zero-order chi connectivity index (χ0) is 12.3. The van der Waals surface area contributed by atoms with Crippen LogP contribution in [-0.2, 0) is 9.59 Å². The minimum atomic E-state index is -0.0906. The van der Waals surface area contributed by atoms with Crippen molar-refractivity contribution in [3.05, 3.63) is 18.1 Å². The summed E-state index contributed by atoms with van der Waals surface area (Å²) in [6, 6.07) is 0. The molecular formula is C11H14N4O2. The minimum Gasteiger partial charge on any atom is -0.367 e. The van der Waals surface area contributed by atoms with Crippen LogP contribution >= 0.6 is 0 Å². The van der Waals surface area contributed by atoms with E-state index in [1.807, 2.05) is 6.92 Å². The molecule has 1 fully saturated rings. The molecular weight excluding hydrogens is 220 g/mol. The topological polar surface area (TPSA) is 75.2 Å². The third-order valence-electron chi connectivity index (χ3n) is 2.55. The number of rotatable bonds is 4. The molecule has 1 aromatic heterocycles. The average molecular weight is 234 g/mol. The van der Waals surface area contributed by atoms with E-state index in [0.717, 1.165) is 5.69 Å². The highest BCUT2D eigenvalue weighted by Gasteiger charge is 2.27. The first-order valence-electron chi connectivity index (χ1n) is 5.52. The summed E-state index contributed by atoms with van der Waals surface area (Å²) in [6.45, 7) is 2.73. The summed E-state index contributed by atoms with van der Waals surface area (Å²) >= 11 is 0. The number of anilines is 1. The van der Waals surface area contributed by atoms with Crippen molar-refractivity contribution in [2.24, 2.45) is 0 Å². The first kappa shape index (κ1) is 11.5. The number of aryl methyl sites for hydroxylation is 1. The van der Waals surface area contributed by atoms with Crippen molar-refractivity contribution < 1.29 is 9.59 Å². The molecule has 2 heterocycles. The molecule has 0 saturated carbocycles. The summed E-state index contributed by atoms with van der Waals surface area (Å²) in [7, 11) is 0. The second-order valence-electron chi connectivity index (χ2n) is 3.91. The van der Waals surface area contributed by atoms with Crippen molar-refractivity contribution >= 4 is 17.6 Å². The first-order valence-corrected chi connectivity index (χ1v) is 5.52. The highest BCUT2D eigenvalue weighted by atomic mass is 16.2. The van der Waals surface area contributed by atoms with Gasteiger partial charge in [0.1, 0.15) is 5.82 Å². The molecule has 90 valence electrons. The van der Waals surface area contributed by atoms with Crippen LogP contribution in [0.3, 0.4) is 0 Å². The predicted octanol–water partition coefficient (Wildman–Crippen LogP) is 0.346. The smallest absolute Gasteiger partial charge is 0.229 e. The molecule has 0 radical (unpaired) electrons. The number of imide groups is 1. The molecule has 0 unspecified atom stereocenters. The molecule has 2 amide bonds. The zero-order valence-electron chi connectivity index (χ0n) is 9.64. The van der Waals surface area contributed by atoms with E-state index in [9.17, 15) is 9.59 Å². The summed E-state index contributed by atoms with van der Waals surface area (Å²) in [5.41, 5.74) is 0.823. The van der Waals surface area contributed by atoms with E-state index in [1.165, 1.54) is 4.90 Å². The molecule has 0 aromatic carbocycles. The zero-order valence-corrected chi connectivity index (χ0v) is 9.64. The van der Waals surface area contributed by atoms with Crippen LogP contribution in [0.15, 0.2) is 12.4 Å². The van der Waals surface area contributed by atoms with Gasteiger partial charge in [0, 0.05) is 32.1 Å². The Morgan fingerprint density at radius 1 is 1.29 bits per heavy atom. The Kier molecular flexibility index (Phi) is 3.32. The van der Waals surface area contributed by atoms with Crippen molar-refractivity contribution in [3.8, 4) is 0 Å². The molecule has 6 heteroatoms. The second kappa shape index (κ2) is 4.90. The van der Waals surface area contributed by atoms with Crippen molar-refractivity contribution in [2.75, 3.05) is 18.4 Å². The van der Waals surface area contributed by atoms with Crippen LogP contribution in [0.1, 0.15) is 18.5 Å². The lowest BCUT2D eigenvalue weighted by molar-refractivity contribution is -0.138.